The first-order valence-electron chi connectivity index (χ1n) is 8.37. The molecule has 1 aliphatic rings. The number of aromatic amines is 1. The van der Waals surface area contributed by atoms with Crippen molar-refractivity contribution in [1.29, 1.82) is 0 Å². The third-order valence-corrected chi connectivity index (χ3v) is 4.92. The molecule has 3 aromatic rings. The van der Waals surface area contributed by atoms with Crippen molar-refractivity contribution in [2.45, 2.75) is 32.9 Å². The largest absolute Gasteiger partial charge is 0.361 e. The third kappa shape index (κ3) is 2.87. The summed E-state index contributed by atoms with van der Waals surface area (Å²) in [5, 5.41) is 3.84. The quantitative estimate of drug-likeness (QED) is 0.792. The molecule has 4 rings (SSSR count). The summed E-state index contributed by atoms with van der Waals surface area (Å²) in [6.07, 6.45) is 5.70. The van der Waals surface area contributed by atoms with Crippen molar-refractivity contribution >= 4 is 11.2 Å². The Labute approximate surface area is 139 Å². The van der Waals surface area contributed by atoms with E-state index in [0.717, 1.165) is 61.5 Å². The van der Waals surface area contributed by atoms with E-state index in [-0.39, 0.29) is 5.69 Å². The highest BCUT2D eigenvalue weighted by Gasteiger charge is 2.22. The predicted octanol–water partition coefficient (Wildman–Crippen LogP) is 1.93. The summed E-state index contributed by atoms with van der Waals surface area (Å²) in [5.41, 5.74) is 2.66. The van der Waals surface area contributed by atoms with Crippen LogP contribution < -0.4 is 5.69 Å². The number of hydrogen-bond acceptors (Lipinski definition) is 5. The number of piperidine rings is 1. The van der Waals surface area contributed by atoms with Crippen molar-refractivity contribution in [3.05, 3.63) is 46.3 Å². The lowest BCUT2D eigenvalue weighted by Gasteiger charge is -2.31. The van der Waals surface area contributed by atoms with Gasteiger partial charge in [-0.3, -0.25) is 9.47 Å². The van der Waals surface area contributed by atoms with E-state index in [2.05, 4.69) is 20.0 Å². The van der Waals surface area contributed by atoms with E-state index in [1.807, 2.05) is 19.1 Å². The normalized spacial score (nSPS) is 16.9. The fourth-order valence-corrected chi connectivity index (χ4v) is 3.45. The number of likely N-dealkylation sites (tertiary alicyclic amines) is 1. The number of hydrogen-bond donors (Lipinski definition) is 1. The van der Waals surface area contributed by atoms with Crippen LogP contribution in [0.1, 0.15) is 24.2 Å². The Kier molecular flexibility index (Phi) is 3.93. The number of H-pyrrole nitrogens is 1. The number of rotatable bonds is 4. The summed E-state index contributed by atoms with van der Waals surface area (Å²) in [5.74, 6) is 1.40. The van der Waals surface area contributed by atoms with Gasteiger partial charge in [0, 0.05) is 24.8 Å². The second kappa shape index (κ2) is 6.24. The molecule has 1 saturated heterocycles. The van der Waals surface area contributed by atoms with Gasteiger partial charge in [-0.25, -0.2) is 9.78 Å². The van der Waals surface area contributed by atoms with Gasteiger partial charge in [0.15, 0.2) is 5.65 Å². The molecule has 1 fully saturated rings. The molecule has 0 spiro atoms. The second-order valence-corrected chi connectivity index (χ2v) is 6.54. The Balaban J connectivity index is 1.40. The van der Waals surface area contributed by atoms with Gasteiger partial charge in [-0.15, -0.1) is 0 Å². The molecular weight excluding hydrogens is 306 g/mol. The number of pyridine rings is 1. The molecule has 7 heteroatoms. The maximum atomic E-state index is 12.2. The Morgan fingerprint density at radius 2 is 2.21 bits per heavy atom. The predicted molar refractivity (Wildman–Crippen MR) is 89.6 cm³/mol. The number of nitrogens with one attached hydrogen (secondary N) is 1. The Morgan fingerprint density at radius 1 is 1.38 bits per heavy atom. The first-order chi connectivity index (χ1) is 11.7. The van der Waals surface area contributed by atoms with E-state index >= 15 is 0 Å². The lowest BCUT2D eigenvalue weighted by atomic mass is 9.96. The van der Waals surface area contributed by atoms with Crippen molar-refractivity contribution in [1.82, 2.24) is 24.6 Å². The van der Waals surface area contributed by atoms with Crippen LogP contribution in [0.5, 0.6) is 0 Å². The summed E-state index contributed by atoms with van der Waals surface area (Å²) in [4.78, 5) is 21.8. The van der Waals surface area contributed by atoms with Gasteiger partial charge in [0.05, 0.1) is 11.7 Å². The van der Waals surface area contributed by atoms with Crippen LogP contribution in [0.2, 0.25) is 0 Å². The smallest absolute Gasteiger partial charge is 0.327 e. The molecule has 0 unspecified atom stereocenters. The maximum Gasteiger partial charge on any atom is 0.327 e. The molecule has 0 bridgehead atoms. The average Bonchev–Trinajstić information content (AvgIpc) is 3.13. The molecule has 7 nitrogen and oxygen atoms in total. The molecule has 4 heterocycles. The van der Waals surface area contributed by atoms with Gasteiger partial charge in [-0.1, -0.05) is 5.16 Å². The van der Waals surface area contributed by atoms with Gasteiger partial charge < -0.3 is 9.51 Å². The van der Waals surface area contributed by atoms with E-state index in [1.165, 1.54) is 0 Å². The molecule has 0 atom stereocenters. The van der Waals surface area contributed by atoms with E-state index in [9.17, 15) is 4.79 Å². The molecule has 126 valence electrons. The topological polar surface area (TPSA) is 80.0 Å². The maximum absolute atomic E-state index is 12.2. The van der Waals surface area contributed by atoms with Crippen LogP contribution in [0, 0.1) is 12.8 Å². The Bertz CT molecular complexity index is 886. The van der Waals surface area contributed by atoms with Gasteiger partial charge in [0.2, 0.25) is 0 Å². The summed E-state index contributed by atoms with van der Waals surface area (Å²) >= 11 is 0. The molecule has 0 amide bonds. The minimum absolute atomic E-state index is 0.0637. The Hall–Kier alpha value is -2.41. The van der Waals surface area contributed by atoms with Crippen LogP contribution in [-0.2, 0) is 13.1 Å². The molecule has 1 aliphatic heterocycles. The summed E-state index contributed by atoms with van der Waals surface area (Å²) in [6, 6.07) is 3.73. The van der Waals surface area contributed by atoms with Gasteiger partial charge in [-0.05, 0) is 50.9 Å². The summed E-state index contributed by atoms with van der Waals surface area (Å²) in [6.45, 7) is 5.62. The van der Waals surface area contributed by atoms with Crippen LogP contribution in [0.3, 0.4) is 0 Å². The van der Waals surface area contributed by atoms with Crippen molar-refractivity contribution < 1.29 is 4.52 Å². The van der Waals surface area contributed by atoms with Crippen LogP contribution >= 0.6 is 0 Å². The van der Waals surface area contributed by atoms with Crippen molar-refractivity contribution in [3.63, 3.8) is 0 Å². The van der Waals surface area contributed by atoms with Crippen LogP contribution in [0.4, 0.5) is 0 Å². The average molecular weight is 327 g/mol. The molecule has 0 aromatic carbocycles. The van der Waals surface area contributed by atoms with Crippen molar-refractivity contribution in [2.75, 3.05) is 13.1 Å². The zero-order valence-corrected chi connectivity index (χ0v) is 13.7. The molecule has 3 aromatic heterocycles. The summed E-state index contributed by atoms with van der Waals surface area (Å²) in [7, 11) is 0. The van der Waals surface area contributed by atoms with Gasteiger partial charge in [0.25, 0.3) is 0 Å². The Morgan fingerprint density at radius 3 is 2.96 bits per heavy atom. The van der Waals surface area contributed by atoms with Crippen LogP contribution in [0.25, 0.3) is 11.2 Å². The van der Waals surface area contributed by atoms with Gasteiger partial charge >= 0.3 is 5.69 Å². The number of fused-ring (bicyclic) bond motifs is 1. The minimum Gasteiger partial charge on any atom is -0.361 e. The molecule has 1 N–H and O–H groups in total. The van der Waals surface area contributed by atoms with E-state index in [0.29, 0.717) is 5.92 Å². The van der Waals surface area contributed by atoms with E-state index < -0.39 is 0 Å². The van der Waals surface area contributed by atoms with E-state index in [4.69, 9.17) is 4.52 Å². The minimum atomic E-state index is -0.0637. The van der Waals surface area contributed by atoms with Crippen LogP contribution in [0.15, 0.2) is 33.8 Å². The summed E-state index contributed by atoms with van der Waals surface area (Å²) < 4.78 is 6.90. The first kappa shape index (κ1) is 15.1. The van der Waals surface area contributed by atoms with Crippen molar-refractivity contribution in [3.8, 4) is 0 Å². The fraction of sp³-hybridized carbons (Fsp3) is 0.471. The number of aryl methyl sites for hydroxylation is 1. The third-order valence-electron chi connectivity index (χ3n) is 4.92. The number of imidazole rings is 1. The monoisotopic (exact) mass is 327 g/mol. The van der Waals surface area contributed by atoms with Crippen LogP contribution in [-0.4, -0.2) is 37.7 Å². The highest BCUT2D eigenvalue weighted by Crippen LogP contribution is 2.22. The lowest BCUT2D eigenvalue weighted by molar-refractivity contribution is 0.166. The highest BCUT2D eigenvalue weighted by atomic mass is 16.5. The SMILES string of the molecule is Cc1oncc1CN1CCC(Cn2c(=O)[nH]c3cccnc32)CC1. The highest BCUT2D eigenvalue weighted by molar-refractivity contribution is 5.69. The first-order valence-corrected chi connectivity index (χ1v) is 8.37. The van der Waals surface area contributed by atoms with Gasteiger partial charge in [-0.2, -0.15) is 0 Å². The number of nitrogens with zero attached hydrogens (tertiary/aromatic N) is 4. The molecular formula is C17H21N5O2. The molecule has 0 aliphatic carbocycles. The second-order valence-electron chi connectivity index (χ2n) is 6.54. The lowest BCUT2D eigenvalue weighted by Crippen LogP contribution is -2.35. The zero-order chi connectivity index (χ0) is 16.5. The van der Waals surface area contributed by atoms with Gasteiger partial charge in [0.1, 0.15) is 5.76 Å². The van der Waals surface area contributed by atoms with Crippen molar-refractivity contribution in [2.24, 2.45) is 5.92 Å². The zero-order valence-electron chi connectivity index (χ0n) is 13.7. The molecule has 0 saturated carbocycles. The molecule has 24 heavy (non-hydrogen) atoms. The van der Waals surface area contributed by atoms with E-state index in [1.54, 1.807) is 17.0 Å². The number of aromatic nitrogens is 4. The fourth-order valence-electron chi connectivity index (χ4n) is 3.45. The molecule has 0 radical (unpaired) electrons. The standard InChI is InChI=1S/C17H21N5O2/c1-12-14(9-19-24-12)11-21-7-4-13(5-8-21)10-22-16-15(20-17(22)23)3-2-6-18-16/h2-3,6,9,13H,4-5,7-8,10-11H2,1H3,(H,20,23).